The molecule has 0 aliphatic carbocycles. The van der Waals surface area contributed by atoms with Crippen molar-refractivity contribution in [3.63, 3.8) is 0 Å². The molecule has 0 radical (unpaired) electrons. The van der Waals surface area contributed by atoms with Gasteiger partial charge < -0.3 is 19.9 Å². The van der Waals surface area contributed by atoms with E-state index in [1.165, 1.54) is 19.2 Å². The van der Waals surface area contributed by atoms with E-state index in [0.717, 1.165) is 0 Å². The predicted octanol–water partition coefficient (Wildman–Crippen LogP) is 0.0658. The van der Waals surface area contributed by atoms with Crippen LogP contribution in [0.4, 0.5) is 0 Å². The molecule has 0 fully saturated rings. The Balaban J connectivity index is 2.55. The summed E-state index contributed by atoms with van der Waals surface area (Å²) in [5.74, 6) is 0.269. The number of rotatable bonds is 9. The lowest BCUT2D eigenvalue weighted by molar-refractivity contribution is 0.174. The first-order valence-corrected chi connectivity index (χ1v) is 7.89. The molecule has 1 rings (SSSR count). The Morgan fingerprint density at radius 3 is 2.45 bits per heavy atom. The fourth-order valence-electron chi connectivity index (χ4n) is 1.63. The van der Waals surface area contributed by atoms with E-state index in [-0.39, 0.29) is 17.2 Å². The van der Waals surface area contributed by atoms with E-state index in [2.05, 4.69) is 5.32 Å². The van der Waals surface area contributed by atoms with Crippen LogP contribution >= 0.6 is 0 Å². The minimum absolute atomic E-state index is 0.175. The Bertz CT molecular complexity index is 486. The van der Waals surface area contributed by atoms with Gasteiger partial charge in [0.2, 0.25) is 0 Å². The average molecular weight is 303 g/mol. The first-order chi connectivity index (χ1) is 9.49. The smallest absolute Gasteiger partial charge is 0.180 e. The van der Waals surface area contributed by atoms with Crippen molar-refractivity contribution in [3.8, 4) is 5.75 Å². The first kappa shape index (κ1) is 16.9. The van der Waals surface area contributed by atoms with Gasteiger partial charge in [-0.25, -0.2) is 8.42 Å². The summed E-state index contributed by atoms with van der Waals surface area (Å²) in [5, 5.41) is 12.7. The van der Waals surface area contributed by atoms with Crippen molar-refractivity contribution >= 4 is 9.84 Å². The molecular formula is C13H21NO5S. The van der Waals surface area contributed by atoms with Crippen molar-refractivity contribution in [2.24, 2.45) is 0 Å². The Labute approximate surface area is 119 Å². The molecule has 0 saturated carbocycles. The minimum atomic E-state index is -3.50. The number of hydrogen-bond donors (Lipinski definition) is 2. The van der Waals surface area contributed by atoms with Gasteiger partial charge in [-0.3, -0.25) is 0 Å². The number of benzene rings is 1. The molecule has 114 valence electrons. The van der Waals surface area contributed by atoms with Crippen LogP contribution in [-0.2, 0) is 14.6 Å². The van der Waals surface area contributed by atoms with Crippen LogP contribution in [-0.4, -0.2) is 59.3 Å². The van der Waals surface area contributed by atoms with Crippen LogP contribution in [0, 0.1) is 0 Å². The molecule has 1 atom stereocenters. The number of aliphatic hydroxyl groups is 1. The van der Waals surface area contributed by atoms with Crippen LogP contribution in [0.25, 0.3) is 0 Å². The van der Waals surface area contributed by atoms with Gasteiger partial charge in [0.25, 0.3) is 0 Å². The Morgan fingerprint density at radius 2 is 1.90 bits per heavy atom. The highest BCUT2D eigenvalue weighted by molar-refractivity contribution is 7.91. The van der Waals surface area contributed by atoms with Gasteiger partial charge in [-0.15, -0.1) is 0 Å². The zero-order valence-corrected chi connectivity index (χ0v) is 12.5. The van der Waals surface area contributed by atoms with Gasteiger partial charge in [0.15, 0.2) is 9.84 Å². The standard InChI is InChI=1S/C13H21NO5S/c1-18-8-7-14-9-11(15)10-20(16,17)13-5-3-12(19-2)4-6-13/h3-6,11,14-15H,7-10H2,1-2H3. The molecule has 0 amide bonds. The summed E-state index contributed by atoms with van der Waals surface area (Å²) in [5.41, 5.74) is 0. The molecule has 0 aliphatic rings. The van der Waals surface area contributed by atoms with Crippen LogP contribution in [0.2, 0.25) is 0 Å². The number of hydrogen-bond acceptors (Lipinski definition) is 6. The van der Waals surface area contributed by atoms with E-state index in [4.69, 9.17) is 9.47 Å². The second-order valence-corrected chi connectivity index (χ2v) is 6.34. The molecule has 1 unspecified atom stereocenters. The molecule has 0 saturated heterocycles. The summed E-state index contributed by atoms with van der Waals surface area (Å²) in [6.45, 7) is 1.28. The van der Waals surface area contributed by atoms with Crippen LogP contribution in [0.15, 0.2) is 29.2 Å². The minimum Gasteiger partial charge on any atom is -0.497 e. The average Bonchev–Trinajstić information content (AvgIpc) is 2.43. The zero-order valence-electron chi connectivity index (χ0n) is 11.7. The third kappa shape index (κ3) is 5.46. The maximum atomic E-state index is 12.1. The molecule has 7 heteroatoms. The summed E-state index contributed by atoms with van der Waals surface area (Å²) in [6, 6.07) is 6.10. The number of methoxy groups -OCH3 is 2. The molecule has 6 nitrogen and oxygen atoms in total. The Kier molecular flexibility index (Phi) is 6.94. The summed E-state index contributed by atoms with van der Waals surface area (Å²) in [6.07, 6.45) is -0.959. The fourth-order valence-corrected chi connectivity index (χ4v) is 3.00. The van der Waals surface area contributed by atoms with Gasteiger partial charge in [0.05, 0.1) is 30.5 Å². The van der Waals surface area contributed by atoms with Gasteiger partial charge in [0, 0.05) is 20.2 Å². The lowest BCUT2D eigenvalue weighted by Gasteiger charge is -2.12. The Hall–Kier alpha value is -1.15. The van der Waals surface area contributed by atoms with E-state index in [1.807, 2.05) is 0 Å². The first-order valence-electron chi connectivity index (χ1n) is 6.24. The molecule has 0 heterocycles. The maximum Gasteiger partial charge on any atom is 0.180 e. The molecule has 0 aromatic heterocycles. The van der Waals surface area contributed by atoms with Crippen molar-refractivity contribution in [1.29, 1.82) is 0 Å². The molecule has 20 heavy (non-hydrogen) atoms. The number of ether oxygens (including phenoxy) is 2. The van der Waals surface area contributed by atoms with Gasteiger partial charge in [-0.05, 0) is 24.3 Å². The van der Waals surface area contributed by atoms with E-state index >= 15 is 0 Å². The van der Waals surface area contributed by atoms with Crippen LogP contribution in [0.3, 0.4) is 0 Å². The van der Waals surface area contributed by atoms with Crippen molar-refractivity contribution in [2.75, 3.05) is 39.7 Å². The van der Waals surface area contributed by atoms with Crippen LogP contribution in [0.1, 0.15) is 0 Å². The predicted molar refractivity (Wildman–Crippen MR) is 75.8 cm³/mol. The van der Waals surface area contributed by atoms with Crippen molar-refractivity contribution in [1.82, 2.24) is 5.32 Å². The van der Waals surface area contributed by atoms with Crippen molar-refractivity contribution in [3.05, 3.63) is 24.3 Å². The second-order valence-electron chi connectivity index (χ2n) is 4.31. The third-order valence-electron chi connectivity index (χ3n) is 2.69. The van der Waals surface area contributed by atoms with Gasteiger partial charge in [0.1, 0.15) is 5.75 Å². The summed E-state index contributed by atoms with van der Waals surface area (Å²) in [7, 11) is -0.416. The fraction of sp³-hybridized carbons (Fsp3) is 0.538. The highest BCUT2D eigenvalue weighted by Gasteiger charge is 2.19. The second kappa shape index (κ2) is 8.21. The Morgan fingerprint density at radius 1 is 1.25 bits per heavy atom. The molecular weight excluding hydrogens is 282 g/mol. The molecule has 2 N–H and O–H groups in total. The van der Waals surface area contributed by atoms with Crippen molar-refractivity contribution in [2.45, 2.75) is 11.0 Å². The molecule has 1 aromatic rings. The normalized spacial score (nSPS) is 13.2. The topological polar surface area (TPSA) is 84.9 Å². The van der Waals surface area contributed by atoms with Gasteiger partial charge >= 0.3 is 0 Å². The van der Waals surface area contributed by atoms with E-state index in [0.29, 0.717) is 18.9 Å². The molecule has 1 aromatic carbocycles. The molecule has 0 aliphatic heterocycles. The van der Waals surface area contributed by atoms with E-state index in [1.54, 1.807) is 19.2 Å². The van der Waals surface area contributed by atoms with E-state index < -0.39 is 15.9 Å². The molecule has 0 bridgehead atoms. The largest absolute Gasteiger partial charge is 0.497 e. The summed E-state index contributed by atoms with van der Waals surface area (Å²) in [4.78, 5) is 0.175. The summed E-state index contributed by atoms with van der Waals surface area (Å²) < 4.78 is 34.0. The highest BCUT2D eigenvalue weighted by Crippen LogP contribution is 2.17. The summed E-state index contributed by atoms with van der Waals surface area (Å²) >= 11 is 0. The number of nitrogens with one attached hydrogen (secondary N) is 1. The SMILES string of the molecule is COCCNCC(O)CS(=O)(=O)c1ccc(OC)cc1. The van der Waals surface area contributed by atoms with Gasteiger partial charge in [-0.1, -0.05) is 0 Å². The zero-order chi connectivity index (χ0) is 15.0. The number of aliphatic hydroxyl groups excluding tert-OH is 1. The lowest BCUT2D eigenvalue weighted by Crippen LogP contribution is -2.34. The molecule has 0 spiro atoms. The highest BCUT2D eigenvalue weighted by atomic mass is 32.2. The quantitative estimate of drug-likeness (QED) is 0.628. The lowest BCUT2D eigenvalue weighted by atomic mass is 10.3. The third-order valence-corrected chi connectivity index (χ3v) is 4.51. The van der Waals surface area contributed by atoms with E-state index in [9.17, 15) is 13.5 Å². The van der Waals surface area contributed by atoms with Gasteiger partial charge in [-0.2, -0.15) is 0 Å². The van der Waals surface area contributed by atoms with Crippen LogP contribution in [0.5, 0.6) is 5.75 Å². The number of sulfone groups is 1. The monoisotopic (exact) mass is 303 g/mol. The maximum absolute atomic E-state index is 12.1. The van der Waals surface area contributed by atoms with Crippen molar-refractivity contribution < 1.29 is 23.0 Å². The van der Waals surface area contributed by atoms with Crippen LogP contribution < -0.4 is 10.1 Å².